The first-order chi connectivity index (χ1) is 47.1. The molecular weight excluding hydrogens is 1300 g/mol. The number of nitrogens with zero attached hydrogens (tertiary/aromatic N) is 13. The Hall–Kier alpha value is -9.37. The molecule has 10 heterocycles. The van der Waals surface area contributed by atoms with Gasteiger partial charge in [0.2, 0.25) is 5.88 Å². The summed E-state index contributed by atoms with van der Waals surface area (Å²) in [7, 11) is 1.57. The maximum Gasteiger partial charge on any atom is 0.416 e. The largest absolute Gasteiger partial charge is 0.481 e. The van der Waals surface area contributed by atoms with E-state index in [1.54, 1.807) is 44.2 Å². The number of morpholine rings is 2. The predicted octanol–water partition coefficient (Wildman–Crippen LogP) is 13.7. The minimum Gasteiger partial charge on any atom is -0.481 e. The lowest BCUT2D eigenvalue weighted by molar-refractivity contribution is -0.137. The third-order valence-corrected chi connectivity index (χ3v) is 17.6. The summed E-state index contributed by atoms with van der Waals surface area (Å²) in [5.74, 6) is 2.56. The van der Waals surface area contributed by atoms with Crippen LogP contribution >= 0.6 is 23.2 Å². The monoisotopic (exact) mass is 1370 g/mol. The molecule has 5 aliphatic heterocycles. The summed E-state index contributed by atoms with van der Waals surface area (Å²) < 4.78 is 111. The fourth-order valence-corrected chi connectivity index (χ4v) is 12.2. The number of anilines is 10. The van der Waals surface area contributed by atoms with Gasteiger partial charge in [-0.1, -0.05) is 23.2 Å². The molecule has 14 rings (SSSR count). The highest BCUT2D eigenvalue weighted by Crippen LogP contribution is 2.36. The lowest BCUT2D eigenvalue weighted by atomic mass is 10.1. The molecule has 9 aromatic rings. The maximum atomic E-state index is 14.4. The molecule has 0 saturated carbocycles. The van der Waals surface area contributed by atoms with E-state index in [9.17, 15) is 30.7 Å². The van der Waals surface area contributed by atoms with E-state index in [1.807, 2.05) is 45.0 Å². The van der Waals surface area contributed by atoms with Crippen LogP contribution < -0.4 is 45.2 Å². The van der Waals surface area contributed by atoms with Crippen molar-refractivity contribution >= 4 is 80.9 Å². The zero-order valence-electron chi connectivity index (χ0n) is 52.9. The quantitative estimate of drug-likeness (QED) is 0.0613. The Morgan fingerprint density at radius 2 is 1.07 bits per heavy atom. The number of aromatic nitrogens is 8. The Morgan fingerprint density at radius 3 is 1.68 bits per heavy atom. The lowest BCUT2D eigenvalue weighted by Crippen LogP contribution is -2.36. The molecule has 28 heteroatoms. The van der Waals surface area contributed by atoms with E-state index in [0.29, 0.717) is 78.1 Å². The average Bonchev–Trinajstić information content (AvgIpc) is 0.856. The van der Waals surface area contributed by atoms with Crippen molar-refractivity contribution in [3.8, 4) is 5.88 Å². The standard InChI is InChI=1S/C24H24ClF3N6O.C24H24ClF2N5O.C21H21F2N5O/c25-19-5-3-17(24(26,27)28)12-16(19)15-34-7-1-2-20-23(34)32-21(14-29-20)31-18-4-6-22(30-13-18)33-8-10-35-11-9-33;25-23-18(19(26)7-8-20(23)27)15-32-9-1-2-21-24(32)30-22(14-28-21)29-16-3-5-17(6-4-16)31-10-12-33-13-11-31;1-29-20-7-5-16(10-26-20)24-11-17-12-25-19-3-2-8-28(21(19)27-17)13-14-9-15(22)4-6-18(14)23/h3-6,12-14H,1-2,7-11,15H2,(H,31,32);3-8,14H,1-2,9-13,15H2,(H,29,30);4-7,9-10,12,24H,2-3,8,11,13H2,1H3. The van der Waals surface area contributed by atoms with Crippen molar-refractivity contribution in [1.29, 1.82) is 0 Å². The molecule has 2 saturated heterocycles. The number of hydrogen-bond acceptors (Lipinski definition) is 19. The second kappa shape index (κ2) is 31.2. The second-order valence-corrected chi connectivity index (χ2v) is 24.2. The molecule has 0 amide bonds. The average molecular weight is 1370 g/mol. The number of pyridine rings is 2. The van der Waals surface area contributed by atoms with Crippen LogP contribution in [0.15, 0.2) is 128 Å². The van der Waals surface area contributed by atoms with Gasteiger partial charge in [0.25, 0.3) is 0 Å². The summed E-state index contributed by atoms with van der Waals surface area (Å²) in [4.78, 5) is 46.8. The van der Waals surface area contributed by atoms with Gasteiger partial charge in [0.15, 0.2) is 29.1 Å². The van der Waals surface area contributed by atoms with Gasteiger partial charge in [-0.05, 0) is 135 Å². The van der Waals surface area contributed by atoms with Crippen LogP contribution in [-0.2, 0) is 61.1 Å². The molecule has 97 heavy (non-hydrogen) atoms. The SMILES string of the molecule is COc1ccc(NCc2cnc3c(n2)N(Cc2cc(F)ccc2F)CCC3)cn1.FC(F)(F)c1ccc(Cl)c(CN2CCCc3ncc(Nc4ccc(N5CCOCC5)nc4)nc32)c1.Fc1ccc(F)c(CN2CCCc3ncc(Nc4ccc(N5CCOCC5)cc4)nc32)c1Cl. The van der Waals surface area contributed by atoms with E-state index >= 15 is 0 Å². The van der Waals surface area contributed by atoms with Gasteiger partial charge in [-0.2, -0.15) is 13.2 Å². The first-order valence-corrected chi connectivity index (χ1v) is 32.6. The van der Waals surface area contributed by atoms with Crippen molar-refractivity contribution < 1.29 is 44.9 Å². The summed E-state index contributed by atoms with van der Waals surface area (Å²) >= 11 is 12.3. The Bertz CT molecular complexity index is 4160. The van der Waals surface area contributed by atoms with E-state index < -0.39 is 35.0 Å². The predicted molar refractivity (Wildman–Crippen MR) is 360 cm³/mol. The molecule has 0 spiro atoms. The van der Waals surface area contributed by atoms with Gasteiger partial charge in [0.1, 0.15) is 29.1 Å². The van der Waals surface area contributed by atoms with Gasteiger partial charge in [0.05, 0.1) is 116 Å². The molecule has 5 aliphatic rings. The first kappa shape index (κ1) is 67.6. The van der Waals surface area contributed by atoms with Gasteiger partial charge in [-0.3, -0.25) is 15.0 Å². The Kier molecular flexibility index (Phi) is 21.8. The van der Waals surface area contributed by atoms with Crippen LogP contribution in [-0.4, -0.2) is 119 Å². The topological polar surface area (TPSA) is 183 Å². The van der Waals surface area contributed by atoms with Crippen LogP contribution in [0.2, 0.25) is 10.0 Å². The summed E-state index contributed by atoms with van der Waals surface area (Å²) in [5, 5.41) is 9.88. The minimum absolute atomic E-state index is 0.127. The zero-order valence-corrected chi connectivity index (χ0v) is 54.4. The van der Waals surface area contributed by atoms with Crippen molar-refractivity contribution in [3.63, 3.8) is 0 Å². The molecule has 2 fully saturated rings. The molecule has 19 nitrogen and oxygen atoms in total. The highest BCUT2D eigenvalue weighted by molar-refractivity contribution is 6.31. The molecule has 0 radical (unpaired) electrons. The number of hydrogen-bond donors (Lipinski definition) is 3. The van der Waals surface area contributed by atoms with Crippen molar-refractivity contribution in [2.24, 2.45) is 0 Å². The smallest absolute Gasteiger partial charge is 0.416 e. The minimum atomic E-state index is -4.43. The lowest BCUT2D eigenvalue weighted by Gasteiger charge is -2.30. The van der Waals surface area contributed by atoms with Crippen LogP contribution in [0.5, 0.6) is 5.88 Å². The maximum absolute atomic E-state index is 14.4. The third-order valence-electron chi connectivity index (χ3n) is 16.8. The number of benzene rings is 4. The van der Waals surface area contributed by atoms with E-state index in [4.69, 9.17) is 52.4 Å². The fourth-order valence-electron chi connectivity index (χ4n) is 11.8. The number of ether oxygens (including phenoxy) is 3. The molecule has 506 valence electrons. The van der Waals surface area contributed by atoms with Gasteiger partial charge < -0.3 is 54.7 Å². The van der Waals surface area contributed by atoms with Crippen molar-refractivity contribution in [2.75, 3.05) is 120 Å². The molecule has 0 atom stereocenters. The Labute approximate surface area is 566 Å². The second-order valence-electron chi connectivity index (χ2n) is 23.5. The summed E-state index contributed by atoms with van der Waals surface area (Å²) in [6, 6.07) is 24.7. The van der Waals surface area contributed by atoms with Crippen LogP contribution in [0.3, 0.4) is 0 Å². The van der Waals surface area contributed by atoms with Crippen molar-refractivity contribution in [3.05, 3.63) is 206 Å². The van der Waals surface area contributed by atoms with Crippen LogP contribution in [0.25, 0.3) is 0 Å². The molecule has 0 aliphatic carbocycles. The van der Waals surface area contributed by atoms with Gasteiger partial charge in [-0.15, -0.1) is 0 Å². The molecular formula is C69H69Cl2F7N16O3. The van der Waals surface area contributed by atoms with E-state index in [0.717, 1.165) is 178 Å². The summed E-state index contributed by atoms with van der Waals surface area (Å²) in [6.07, 6.45) is 9.05. The first-order valence-electron chi connectivity index (χ1n) is 31.8. The van der Waals surface area contributed by atoms with E-state index in [1.165, 1.54) is 12.1 Å². The fraction of sp³-hybridized carbons (Fsp3) is 0.333. The van der Waals surface area contributed by atoms with Gasteiger partial charge in [-0.25, -0.2) is 42.5 Å². The highest BCUT2D eigenvalue weighted by atomic mass is 35.5. The molecule has 5 aromatic heterocycles. The van der Waals surface area contributed by atoms with E-state index in [2.05, 4.69) is 62.8 Å². The number of fused-ring (bicyclic) bond motifs is 3. The highest BCUT2D eigenvalue weighted by Gasteiger charge is 2.32. The number of rotatable bonds is 16. The van der Waals surface area contributed by atoms with Crippen molar-refractivity contribution in [2.45, 2.75) is 70.9 Å². The summed E-state index contributed by atoms with van der Waals surface area (Å²) in [6.45, 7) is 9.33. The van der Waals surface area contributed by atoms with E-state index in [-0.39, 0.29) is 30.2 Å². The zero-order chi connectivity index (χ0) is 67.4. The molecule has 0 bridgehead atoms. The molecule has 4 aromatic carbocycles. The molecule has 3 N–H and O–H groups in total. The normalized spacial score (nSPS) is 15.2. The Morgan fingerprint density at radius 1 is 0.515 bits per heavy atom. The number of methoxy groups -OCH3 is 1. The Balaban J connectivity index is 0.000000139. The van der Waals surface area contributed by atoms with Crippen LogP contribution in [0.1, 0.15) is 64.3 Å². The van der Waals surface area contributed by atoms with Crippen molar-refractivity contribution in [1.82, 2.24) is 39.9 Å². The van der Waals surface area contributed by atoms with Crippen LogP contribution in [0.4, 0.5) is 88.4 Å². The number of halogens is 9. The van der Waals surface area contributed by atoms with Gasteiger partial charge >= 0.3 is 6.18 Å². The third kappa shape index (κ3) is 17.3. The number of aryl methyl sites for hydroxylation is 3. The molecule has 0 unspecified atom stereocenters. The number of nitrogens with one attached hydrogen (secondary N) is 3. The number of alkyl halides is 3. The summed E-state index contributed by atoms with van der Waals surface area (Å²) in [5.41, 5.74) is 7.05. The van der Waals surface area contributed by atoms with Gasteiger partial charge in [0, 0.05) is 99.0 Å². The van der Waals surface area contributed by atoms with Crippen LogP contribution in [0, 0.1) is 23.3 Å².